The van der Waals surface area contributed by atoms with Crippen molar-refractivity contribution in [3.8, 4) is 5.75 Å². The number of hydrogen-bond donors (Lipinski definition) is 4. The summed E-state index contributed by atoms with van der Waals surface area (Å²) in [4.78, 5) is 42.0. The van der Waals surface area contributed by atoms with Crippen LogP contribution in [0.15, 0.2) is 54.9 Å². The van der Waals surface area contributed by atoms with Crippen LogP contribution in [0.2, 0.25) is 0 Å². The molecule has 1 amide bonds. The summed E-state index contributed by atoms with van der Waals surface area (Å²) in [5, 5.41) is 23.3. The molecule has 1 heterocycles. The van der Waals surface area contributed by atoms with Gasteiger partial charge in [-0.25, -0.2) is 14.8 Å². The number of methoxy groups -OCH3 is 1. The third kappa shape index (κ3) is 4.82. The Morgan fingerprint density at radius 2 is 1.74 bits per heavy atom. The van der Waals surface area contributed by atoms with Crippen molar-refractivity contribution >= 4 is 34.9 Å². The van der Waals surface area contributed by atoms with Crippen LogP contribution in [-0.2, 0) is 0 Å². The summed E-state index contributed by atoms with van der Waals surface area (Å²) in [6.45, 7) is 0. The number of carboxylic acid groups (broad SMARTS) is 1. The molecule has 31 heavy (non-hydrogen) atoms. The molecule has 0 aliphatic heterocycles. The van der Waals surface area contributed by atoms with E-state index >= 15 is 0 Å². The lowest BCUT2D eigenvalue weighted by molar-refractivity contribution is -0.383. The lowest BCUT2D eigenvalue weighted by atomic mass is 10.2. The number of hydrazine groups is 1. The molecule has 4 N–H and O–H groups in total. The molecule has 3 rings (SSSR count). The van der Waals surface area contributed by atoms with Crippen molar-refractivity contribution in [2.75, 3.05) is 17.9 Å². The number of carbonyl (C=O) groups is 2. The van der Waals surface area contributed by atoms with Crippen LogP contribution in [0.5, 0.6) is 5.75 Å². The number of nitrogens with zero attached hydrogens (tertiary/aromatic N) is 3. The van der Waals surface area contributed by atoms with Crippen LogP contribution < -0.4 is 20.9 Å². The first-order valence-electron chi connectivity index (χ1n) is 8.70. The number of ether oxygens (including phenoxy) is 1. The number of carbonyl (C=O) groups excluding carboxylic acids is 1. The Balaban J connectivity index is 1.82. The largest absolute Gasteiger partial charge is 0.496 e. The molecule has 0 radical (unpaired) electrons. The molecule has 12 nitrogen and oxygen atoms in total. The van der Waals surface area contributed by atoms with E-state index in [0.29, 0.717) is 11.4 Å². The number of aromatic nitrogens is 2. The lowest BCUT2D eigenvalue weighted by Crippen LogP contribution is -2.30. The van der Waals surface area contributed by atoms with E-state index in [4.69, 9.17) is 9.84 Å². The van der Waals surface area contributed by atoms with Gasteiger partial charge in [-0.3, -0.25) is 25.8 Å². The topological polar surface area (TPSA) is 169 Å². The predicted molar refractivity (Wildman–Crippen MR) is 109 cm³/mol. The smallest absolute Gasteiger partial charge is 0.355 e. The molecular formula is C19H16N6O6. The maximum absolute atomic E-state index is 12.4. The summed E-state index contributed by atoms with van der Waals surface area (Å²) in [6, 6.07) is 12.0. The fourth-order valence-electron chi connectivity index (χ4n) is 2.58. The van der Waals surface area contributed by atoms with Crippen molar-refractivity contribution in [1.29, 1.82) is 0 Å². The van der Waals surface area contributed by atoms with Gasteiger partial charge in [0.05, 0.1) is 23.2 Å². The number of aromatic carboxylic acids is 1. The molecule has 0 bridgehead atoms. The number of anilines is 3. The van der Waals surface area contributed by atoms with Crippen LogP contribution >= 0.6 is 0 Å². The lowest BCUT2D eigenvalue weighted by Gasteiger charge is -2.12. The van der Waals surface area contributed by atoms with Gasteiger partial charge < -0.3 is 15.2 Å². The third-order valence-corrected chi connectivity index (χ3v) is 4.05. The second-order valence-corrected chi connectivity index (χ2v) is 5.96. The first-order chi connectivity index (χ1) is 14.9. The average molecular weight is 424 g/mol. The standard InChI is InChI=1S/C19H16N6O6/c1-31-14-5-3-2-4-13(14)18(26)24-23-17-15(25(29)30)16(20-10-21-17)22-12-8-6-11(7-9-12)19(27)28/h2-10H,1H3,(H,24,26)(H,27,28)(H2,20,21,22,23). The third-order valence-electron chi connectivity index (χ3n) is 4.05. The van der Waals surface area contributed by atoms with E-state index in [9.17, 15) is 19.7 Å². The van der Waals surface area contributed by atoms with E-state index < -0.39 is 22.5 Å². The molecule has 1 aromatic heterocycles. The summed E-state index contributed by atoms with van der Waals surface area (Å²) in [7, 11) is 1.41. The predicted octanol–water partition coefficient (Wildman–Crippen LogP) is 2.59. The number of hydrogen-bond acceptors (Lipinski definition) is 9. The van der Waals surface area contributed by atoms with Gasteiger partial charge in [0.25, 0.3) is 5.91 Å². The van der Waals surface area contributed by atoms with Crippen LogP contribution in [-0.4, -0.2) is 39.0 Å². The maximum Gasteiger partial charge on any atom is 0.355 e. The molecule has 0 aliphatic rings. The maximum atomic E-state index is 12.4. The molecule has 3 aromatic rings. The minimum atomic E-state index is -1.10. The first kappa shape index (κ1) is 21.0. The first-order valence-corrected chi connectivity index (χ1v) is 8.70. The summed E-state index contributed by atoms with van der Waals surface area (Å²) in [5.41, 5.74) is 4.89. The zero-order valence-electron chi connectivity index (χ0n) is 16.0. The van der Waals surface area contributed by atoms with Gasteiger partial charge in [0.1, 0.15) is 12.1 Å². The molecule has 158 valence electrons. The Hall–Kier alpha value is -4.74. The molecule has 0 atom stereocenters. The van der Waals surface area contributed by atoms with Gasteiger partial charge in [0.15, 0.2) is 0 Å². The highest BCUT2D eigenvalue weighted by Crippen LogP contribution is 2.31. The average Bonchev–Trinajstić information content (AvgIpc) is 2.77. The second kappa shape index (κ2) is 9.17. The van der Waals surface area contributed by atoms with Crippen LogP contribution in [0.4, 0.5) is 23.0 Å². The van der Waals surface area contributed by atoms with Crippen molar-refractivity contribution in [2.45, 2.75) is 0 Å². The van der Waals surface area contributed by atoms with Gasteiger partial charge in [-0.05, 0) is 36.4 Å². The highest BCUT2D eigenvalue weighted by Gasteiger charge is 2.24. The number of amides is 1. The van der Waals surface area contributed by atoms with E-state index in [1.54, 1.807) is 18.2 Å². The van der Waals surface area contributed by atoms with Gasteiger partial charge in [0, 0.05) is 5.69 Å². The fourth-order valence-corrected chi connectivity index (χ4v) is 2.58. The van der Waals surface area contributed by atoms with Gasteiger partial charge >= 0.3 is 11.7 Å². The Labute approximate surface area is 175 Å². The number of nitrogens with one attached hydrogen (secondary N) is 3. The number of benzene rings is 2. The summed E-state index contributed by atoms with van der Waals surface area (Å²) in [6.07, 6.45) is 1.07. The number of carboxylic acids is 1. The van der Waals surface area contributed by atoms with E-state index in [-0.39, 0.29) is 22.8 Å². The molecule has 2 aromatic carbocycles. The number of nitro groups is 1. The molecule has 0 saturated carbocycles. The number of para-hydroxylation sites is 1. The summed E-state index contributed by atoms with van der Waals surface area (Å²) in [5.74, 6) is -1.78. The van der Waals surface area contributed by atoms with E-state index in [1.807, 2.05) is 0 Å². The van der Waals surface area contributed by atoms with E-state index in [2.05, 4.69) is 26.1 Å². The quantitative estimate of drug-likeness (QED) is 0.311. The van der Waals surface area contributed by atoms with Gasteiger partial charge in [-0.2, -0.15) is 0 Å². The van der Waals surface area contributed by atoms with Crippen LogP contribution in [0, 0.1) is 10.1 Å². The molecule has 0 saturated heterocycles. The Morgan fingerprint density at radius 3 is 2.39 bits per heavy atom. The molecule has 0 aliphatic carbocycles. The number of rotatable bonds is 8. The summed E-state index contributed by atoms with van der Waals surface area (Å²) >= 11 is 0. The molecule has 12 heteroatoms. The minimum absolute atomic E-state index is 0.0594. The van der Waals surface area contributed by atoms with Crippen LogP contribution in [0.25, 0.3) is 0 Å². The SMILES string of the molecule is COc1ccccc1C(=O)NNc1ncnc(Nc2ccc(C(=O)O)cc2)c1[N+](=O)[O-]. The second-order valence-electron chi connectivity index (χ2n) is 5.96. The van der Waals surface area contributed by atoms with Gasteiger partial charge in [-0.15, -0.1) is 0 Å². The Morgan fingerprint density at radius 1 is 1.06 bits per heavy atom. The molecule has 0 unspecified atom stereocenters. The molecule has 0 fully saturated rings. The van der Waals surface area contributed by atoms with Gasteiger partial charge in [-0.1, -0.05) is 12.1 Å². The molecular weight excluding hydrogens is 408 g/mol. The summed E-state index contributed by atoms with van der Waals surface area (Å²) < 4.78 is 5.12. The fraction of sp³-hybridized carbons (Fsp3) is 0.0526. The van der Waals surface area contributed by atoms with Crippen LogP contribution in [0.1, 0.15) is 20.7 Å². The minimum Gasteiger partial charge on any atom is -0.496 e. The zero-order chi connectivity index (χ0) is 22.4. The zero-order valence-corrected chi connectivity index (χ0v) is 16.0. The highest BCUT2D eigenvalue weighted by atomic mass is 16.6. The Kier molecular flexibility index (Phi) is 6.21. The molecule has 0 spiro atoms. The van der Waals surface area contributed by atoms with Crippen molar-refractivity contribution in [3.05, 3.63) is 76.1 Å². The normalized spacial score (nSPS) is 10.1. The van der Waals surface area contributed by atoms with Crippen molar-refractivity contribution in [1.82, 2.24) is 15.4 Å². The van der Waals surface area contributed by atoms with Gasteiger partial charge in [0.2, 0.25) is 11.6 Å². The highest BCUT2D eigenvalue weighted by molar-refractivity contribution is 5.97. The Bertz CT molecular complexity index is 1130. The van der Waals surface area contributed by atoms with Crippen molar-refractivity contribution in [3.63, 3.8) is 0 Å². The monoisotopic (exact) mass is 424 g/mol. The van der Waals surface area contributed by atoms with Crippen molar-refractivity contribution in [2.24, 2.45) is 0 Å². The van der Waals surface area contributed by atoms with E-state index in [0.717, 1.165) is 6.33 Å². The van der Waals surface area contributed by atoms with Crippen molar-refractivity contribution < 1.29 is 24.4 Å². The van der Waals surface area contributed by atoms with Crippen LogP contribution in [0.3, 0.4) is 0 Å². The van der Waals surface area contributed by atoms with E-state index in [1.165, 1.54) is 37.4 Å².